The highest BCUT2D eigenvalue weighted by molar-refractivity contribution is 5.92. The molecule has 2 aromatic carbocycles. The number of halogens is 1. The van der Waals surface area contributed by atoms with Crippen LogP contribution < -0.4 is 16.0 Å². The molecule has 0 saturated heterocycles. The zero-order valence-corrected chi connectivity index (χ0v) is 17.1. The van der Waals surface area contributed by atoms with Crippen molar-refractivity contribution in [2.75, 3.05) is 12.4 Å². The molecule has 0 aliphatic rings. The van der Waals surface area contributed by atoms with Crippen molar-refractivity contribution in [1.82, 2.24) is 10.6 Å². The third kappa shape index (κ3) is 6.08. The van der Waals surface area contributed by atoms with E-state index in [4.69, 9.17) is 0 Å². The summed E-state index contributed by atoms with van der Waals surface area (Å²) in [5, 5.41) is 9.38. The van der Waals surface area contributed by atoms with Crippen LogP contribution in [0.1, 0.15) is 43.5 Å². The van der Waals surface area contributed by atoms with E-state index in [1.807, 2.05) is 51.1 Å². The molecule has 2 aromatic rings. The molecule has 150 valence electrons. The van der Waals surface area contributed by atoms with Crippen molar-refractivity contribution in [3.63, 3.8) is 0 Å². The summed E-state index contributed by atoms with van der Waals surface area (Å²) in [6.45, 7) is 8.00. The highest BCUT2D eigenvalue weighted by Gasteiger charge is 2.10. The van der Waals surface area contributed by atoms with Gasteiger partial charge in [-0.05, 0) is 48.7 Å². The number of carbonyl (C=O) groups is 1. The molecule has 1 atom stereocenters. The fourth-order valence-electron chi connectivity index (χ4n) is 2.54. The Balaban J connectivity index is 1.91. The first-order valence-corrected chi connectivity index (χ1v) is 9.43. The average Bonchev–Trinajstić information content (AvgIpc) is 2.68. The summed E-state index contributed by atoms with van der Waals surface area (Å²) in [6, 6.07) is 12.8. The number of rotatable bonds is 6. The first-order chi connectivity index (χ1) is 13.3. The van der Waals surface area contributed by atoms with Gasteiger partial charge in [0.2, 0.25) is 5.91 Å². The Kier molecular flexibility index (Phi) is 7.55. The van der Waals surface area contributed by atoms with Crippen LogP contribution in [0.2, 0.25) is 0 Å². The predicted molar refractivity (Wildman–Crippen MR) is 113 cm³/mol. The fourth-order valence-corrected chi connectivity index (χ4v) is 2.54. The molecule has 0 bridgehead atoms. The van der Waals surface area contributed by atoms with Crippen LogP contribution in [0, 0.1) is 18.7 Å². The summed E-state index contributed by atoms with van der Waals surface area (Å²) < 4.78 is 13.8. The number of amides is 1. The number of carbonyl (C=O) groups excluding carboxylic acids is 1. The van der Waals surface area contributed by atoms with Crippen LogP contribution in [0.5, 0.6) is 0 Å². The SMILES string of the molecule is CN=C(NCc1ccc(NC(=O)C(C)C)cc1)NC(C)c1ccc(C)c(F)c1. The summed E-state index contributed by atoms with van der Waals surface area (Å²) in [5.74, 6) is 0.362. The second kappa shape index (κ2) is 9.88. The van der Waals surface area contributed by atoms with Gasteiger partial charge < -0.3 is 16.0 Å². The van der Waals surface area contributed by atoms with Crippen molar-refractivity contribution < 1.29 is 9.18 Å². The van der Waals surface area contributed by atoms with E-state index in [9.17, 15) is 9.18 Å². The molecule has 0 aliphatic heterocycles. The molecule has 3 N–H and O–H groups in total. The standard InChI is InChI=1S/C22H29FN4O/c1-14(2)21(28)27-19-10-7-17(8-11-19)13-25-22(24-5)26-16(4)18-9-6-15(3)20(23)12-18/h6-12,14,16H,13H2,1-5H3,(H,27,28)(H2,24,25,26). The van der Waals surface area contributed by atoms with E-state index in [1.54, 1.807) is 26.1 Å². The van der Waals surface area contributed by atoms with E-state index in [-0.39, 0.29) is 23.7 Å². The molecule has 1 amide bonds. The van der Waals surface area contributed by atoms with Gasteiger partial charge >= 0.3 is 0 Å². The zero-order chi connectivity index (χ0) is 20.7. The highest BCUT2D eigenvalue weighted by Crippen LogP contribution is 2.16. The van der Waals surface area contributed by atoms with Crippen molar-refractivity contribution in [2.45, 2.75) is 40.3 Å². The number of nitrogens with zero attached hydrogens (tertiary/aromatic N) is 1. The van der Waals surface area contributed by atoms with Crippen LogP contribution in [0.15, 0.2) is 47.5 Å². The van der Waals surface area contributed by atoms with Gasteiger partial charge in [-0.25, -0.2) is 4.39 Å². The lowest BCUT2D eigenvalue weighted by atomic mass is 10.1. The Morgan fingerprint density at radius 2 is 1.79 bits per heavy atom. The van der Waals surface area contributed by atoms with Gasteiger partial charge in [-0.1, -0.05) is 38.1 Å². The van der Waals surface area contributed by atoms with Gasteiger partial charge in [-0.15, -0.1) is 0 Å². The minimum Gasteiger partial charge on any atom is -0.352 e. The van der Waals surface area contributed by atoms with Gasteiger partial charge in [0.05, 0.1) is 6.04 Å². The molecule has 5 nitrogen and oxygen atoms in total. The minimum absolute atomic E-state index is 0.00277. The fraction of sp³-hybridized carbons (Fsp3) is 0.364. The lowest BCUT2D eigenvalue weighted by Crippen LogP contribution is -2.38. The lowest BCUT2D eigenvalue weighted by molar-refractivity contribution is -0.118. The maximum absolute atomic E-state index is 13.8. The Hall–Kier alpha value is -2.89. The van der Waals surface area contributed by atoms with Gasteiger partial charge in [-0.3, -0.25) is 9.79 Å². The molecule has 0 saturated carbocycles. The number of anilines is 1. The third-order valence-electron chi connectivity index (χ3n) is 4.48. The molecule has 0 aliphatic carbocycles. The van der Waals surface area contributed by atoms with Crippen LogP contribution in [0.4, 0.5) is 10.1 Å². The van der Waals surface area contributed by atoms with Crippen molar-refractivity contribution in [3.8, 4) is 0 Å². The Morgan fingerprint density at radius 1 is 1.11 bits per heavy atom. The molecule has 2 rings (SSSR count). The molecule has 28 heavy (non-hydrogen) atoms. The van der Waals surface area contributed by atoms with E-state index in [2.05, 4.69) is 20.9 Å². The van der Waals surface area contributed by atoms with Gasteiger partial charge in [0.15, 0.2) is 5.96 Å². The van der Waals surface area contributed by atoms with E-state index in [0.29, 0.717) is 18.1 Å². The van der Waals surface area contributed by atoms with Crippen molar-refractivity contribution in [3.05, 3.63) is 65.0 Å². The molecule has 0 heterocycles. The number of hydrogen-bond donors (Lipinski definition) is 3. The van der Waals surface area contributed by atoms with Crippen molar-refractivity contribution >= 4 is 17.6 Å². The second-order valence-corrected chi connectivity index (χ2v) is 7.14. The highest BCUT2D eigenvalue weighted by atomic mass is 19.1. The molecule has 0 radical (unpaired) electrons. The number of nitrogens with one attached hydrogen (secondary N) is 3. The van der Waals surface area contributed by atoms with Crippen LogP contribution >= 0.6 is 0 Å². The van der Waals surface area contributed by atoms with Crippen molar-refractivity contribution in [1.29, 1.82) is 0 Å². The number of benzene rings is 2. The van der Waals surface area contributed by atoms with Crippen LogP contribution in [-0.4, -0.2) is 18.9 Å². The minimum atomic E-state index is -0.209. The van der Waals surface area contributed by atoms with E-state index >= 15 is 0 Å². The van der Waals surface area contributed by atoms with E-state index < -0.39 is 0 Å². The summed E-state index contributed by atoms with van der Waals surface area (Å²) in [5.41, 5.74) is 3.32. The maximum atomic E-state index is 13.8. The first kappa shape index (κ1) is 21.4. The van der Waals surface area contributed by atoms with Gasteiger partial charge in [0, 0.05) is 25.2 Å². The normalized spacial score (nSPS) is 12.6. The van der Waals surface area contributed by atoms with Crippen LogP contribution in [0.3, 0.4) is 0 Å². The Morgan fingerprint density at radius 3 is 2.36 bits per heavy atom. The summed E-state index contributed by atoms with van der Waals surface area (Å²) in [7, 11) is 1.70. The van der Waals surface area contributed by atoms with Crippen LogP contribution in [-0.2, 0) is 11.3 Å². The molecule has 0 fully saturated rings. The summed E-state index contributed by atoms with van der Waals surface area (Å²) >= 11 is 0. The Labute approximate surface area is 166 Å². The monoisotopic (exact) mass is 384 g/mol. The smallest absolute Gasteiger partial charge is 0.226 e. The maximum Gasteiger partial charge on any atom is 0.226 e. The average molecular weight is 384 g/mol. The lowest BCUT2D eigenvalue weighted by Gasteiger charge is -2.19. The first-order valence-electron chi connectivity index (χ1n) is 9.43. The molecule has 0 spiro atoms. The molecular formula is C22H29FN4O. The van der Waals surface area contributed by atoms with Gasteiger partial charge in [-0.2, -0.15) is 0 Å². The van der Waals surface area contributed by atoms with Gasteiger partial charge in [0.1, 0.15) is 5.82 Å². The molecule has 1 unspecified atom stereocenters. The molecule has 0 aromatic heterocycles. The molecular weight excluding hydrogens is 355 g/mol. The largest absolute Gasteiger partial charge is 0.352 e. The zero-order valence-electron chi connectivity index (χ0n) is 17.1. The number of guanidine groups is 1. The predicted octanol–water partition coefficient (Wildman–Crippen LogP) is 4.15. The third-order valence-corrected chi connectivity index (χ3v) is 4.48. The summed E-state index contributed by atoms with van der Waals surface area (Å²) in [6.07, 6.45) is 0. The summed E-state index contributed by atoms with van der Waals surface area (Å²) in [4.78, 5) is 16.0. The van der Waals surface area contributed by atoms with Gasteiger partial charge in [0.25, 0.3) is 0 Å². The van der Waals surface area contributed by atoms with E-state index in [0.717, 1.165) is 16.8 Å². The second-order valence-electron chi connectivity index (χ2n) is 7.14. The quantitative estimate of drug-likeness (QED) is 0.518. The number of aryl methyl sites for hydroxylation is 1. The van der Waals surface area contributed by atoms with Crippen molar-refractivity contribution in [2.24, 2.45) is 10.9 Å². The topological polar surface area (TPSA) is 65.5 Å². The van der Waals surface area contributed by atoms with E-state index in [1.165, 1.54) is 0 Å². The Bertz CT molecular complexity index is 831. The number of hydrogen-bond acceptors (Lipinski definition) is 2. The number of aliphatic imine (C=N–C) groups is 1. The van der Waals surface area contributed by atoms with Crippen LogP contribution in [0.25, 0.3) is 0 Å². The molecule has 6 heteroatoms.